The highest BCUT2D eigenvalue weighted by atomic mass is 19.1. The van der Waals surface area contributed by atoms with E-state index in [2.05, 4.69) is 5.32 Å². The van der Waals surface area contributed by atoms with Crippen LogP contribution in [0.5, 0.6) is 17.2 Å². The van der Waals surface area contributed by atoms with Gasteiger partial charge >= 0.3 is 0 Å². The van der Waals surface area contributed by atoms with Crippen molar-refractivity contribution in [2.75, 3.05) is 39.3 Å². The molecule has 1 aliphatic heterocycles. The molecular formula is C21H24F2N2O4. The van der Waals surface area contributed by atoms with Gasteiger partial charge in [0.2, 0.25) is 11.7 Å². The normalized spacial score (nSPS) is 12.9. The van der Waals surface area contributed by atoms with E-state index >= 15 is 0 Å². The highest BCUT2D eigenvalue weighted by Gasteiger charge is 2.23. The Morgan fingerprint density at radius 1 is 1.07 bits per heavy atom. The molecule has 0 unspecified atom stereocenters. The Kier molecular flexibility index (Phi) is 6.41. The molecule has 6 nitrogen and oxygen atoms in total. The van der Waals surface area contributed by atoms with Gasteiger partial charge in [-0.2, -0.15) is 0 Å². The number of methoxy groups -OCH3 is 3. The summed E-state index contributed by atoms with van der Waals surface area (Å²) in [4.78, 5) is 14.1. The number of nitrogens with zero attached hydrogens (tertiary/aromatic N) is 1. The number of hydrogen-bond donors (Lipinski definition) is 1. The minimum Gasteiger partial charge on any atom is -0.493 e. The Balaban J connectivity index is 1.69. The highest BCUT2D eigenvalue weighted by molar-refractivity contribution is 5.82. The SMILES string of the molecule is COc1cc(CNC(=O)CN2CCCc3cc(F)cc(F)c32)cc(OC)c1OC. The van der Waals surface area contributed by atoms with Crippen molar-refractivity contribution < 1.29 is 27.8 Å². The van der Waals surface area contributed by atoms with E-state index in [0.717, 1.165) is 18.1 Å². The summed E-state index contributed by atoms with van der Waals surface area (Å²) in [6.07, 6.45) is 1.32. The lowest BCUT2D eigenvalue weighted by Crippen LogP contribution is -2.40. The topological polar surface area (TPSA) is 60.0 Å². The Labute approximate surface area is 168 Å². The summed E-state index contributed by atoms with van der Waals surface area (Å²) in [6.45, 7) is 0.759. The smallest absolute Gasteiger partial charge is 0.239 e. The maximum Gasteiger partial charge on any atom is 0.239 e. The molecule has 0 aliphatic carbocycles. The number of nitrogens with one attached hydrogen (secondary N) is 1. The first-order chi connectivity index (χ1) is 14.0. The molecule has 0 saturated carbocycles. The number of anilines is 1. The Morgan fingerprint density at radius 2 is 1.76 bits per heavy atom. The molecule has 156 valence electrons. The van der Waals surface area contributed by atoms with Crippen LogP contribution in [0.25, 0.3) is 0 Å². The molecule has 0 atom stereocenters. The lowest BCUT2D eigenvalue weighted by Gasteiger charge is -2.31. The zero-order valence-corrected chi connectivity index (χ0v) is 16.7. The molecule has 1 N–H and O–H groups in total. The molecular weight excluding hydrogens is 382 g/mol. The van der Waals surface area contributed by atoms with Crippen molar-refractivity contribution in [2.45, 2.75) is 19.4 Å². The average Bonchev–Trinajstić information content (AvgIpc) is 2.70. The van der Waals surface area contributed by atoms with Crippen LogP contribution < -0.4 is 24.4 Å². The zero-order chi connectivity index (χ0) is 21.0. The number of amides is 1. The number of halogens is 2. The Morgan fingerprint density at radius 3 is 2.38 bits per heavy atom. The molecule has 1 amide bonds. The maximum atomic E-state index is 14.3. The largest absolute Gasteiger partial charge is 0.493 e. The van der Waals surface area contributed by atoms with E-state index in [0.29, 0.717) is 41.5 Å². The van der Waals surface area contributed by atoms with Gasteiger partial charge in [-0.25, -0.2) is 8.78 Å². The van der Waals surface area contributed by atoms with Gasteiger partial charge in [-0.05, 0) is 42.2 Å². The molecule has 0 fully saturated rings. The molecule has 0 spiro atoms. The number of ether oxygens (including phenoxy) is 3. The molecule has 0 saturated heterocycles. The van der Waals surface area contributed by atoms with Gasteiger partial charge in [0.15, 0.2) is 11.5 Å². The third-order valence-electron chi connectivity index (χ3n) is 4.85. The number of carbonyl (C=O) groups is 1. The quantitative estimate of drug-likeness (QED) is 0.766. The number of aryl methyl sites for hydroxylation is 1. The molecule has 2 aromatic rings. The van der Waals surface area contributed by atoms with Crippen molar-refractivity contribution in [2.24, 2.45) is 0 Å². The molecule has 1 heterocycles. The molecule has 1 aliphatic rings. The molecule has 2 aromatic carbocycles. The third kappa shape index (κ3) is 4.52. The number of fused-ring (bicyclic) bond motifs is 1. The second-order valence-corrected chi connectivity index (χ2v) is 6.73. The van der Waals surface area contributed by atoms with Crippen LogP contribution in [0, 0.1) is 11.6 Å². The summed E-state index contributed by atoms with van der Waals surface area (Å²) in [5.74, 6) is -0.0598. The van der Waals surface area contributed by atoms with Crippen LogP contribution in [0.3, 0.4) is 0 Å². The number of rotatable bonds is 7. The van der Waals surface area contributed by atoms with Crippen molar-refractivity contribution in [3.8, 4) is 17.2 Å². The van der Waals surface area contributed by atoms with E-state index in [1.54, 1.807) is 17.0 Å². The lowest BCUT2D eigenvalue weighted by molar-refractivity contribution is -0.119. The number of carbonyl (C=O) groups excluding carboxylic acids is 1. The molecule has 3 rings (SSSR count). The van der Waals surface area contributed by atoms with E-state index in [-0.39, 0.29) is 19.0 Å². The predicted octanol–water partition coefficient (Wildman–Crippen LogP) is 3.06. The first-order valence-corrected chi connectivity index (χ1v) is 9.25. The fourth-order valence-corrected chi connectivity index (χ4v) is 3.56. The van der Waals surface area contributed by atoms with Crippen molar-refractivity contribution >= 4 is 11.6 Å². The first-order valence-electron chi connectivity index (χ1n) is 9.25. The minimum absolute atomic E-state index is 0.0139. The predicted molar refractivity (Wildman–Crippen MR) is 105 cm³/mol. The summed E-state index contributed by atoms with van der Waals surface area (Å²) < 4.78 is 43.6. The minimum atomic E-state index is -0.642. The molecule has 8 heteroatoms. The summed E-state index contributed by atoms with van der Waals surface area (Å²) >= 11 is 0. The van der Waals surface area contributed by atoms with Gasteiger partial charge in [0.1, 0.15) is 11.6 Å². The second-order valence-electron chi connectivity index (χ2n) is 6.73. The van der Waals surface area contributed by atoms with Gasteiger partial charge in [-0.15, -0.1) is 0 Å². The highest BCUT2D eigenvalue weighted by Crippen LogP contribution is 2.38. The van der Waals surface area contributed by atoms with Crippen LogP contribution >= 0.6 is 0 Å². The van der Waals surface area contributed by atoms with E-state index in [1.165, 1.54) is 27.4 Å². The average molecular weight is 406 g/mol. The standard InChI is InChI=1S/C21H24F2N2O4/c1-27-17-7-13(8-18(28-2)21(17)29-3)11-24-19(26)12-25-6-4-5-14-9-15(22)10-16(23)20(14)25/h7-10H,4-6,11-12H2,1-3H3,(H,24,26). The van der Waals surface area contributed by atoms with Crippen molar-refractivity contribution in [3.63, 3.8) is 0 Å². The van der Waals surface area contributed by atoms with Crippen LogP contribution in [0.1, 0.15) is 17.5 Å². The second kappa shape index (κ2) is 8.98. The Bertz CT molecular complexity index is 879. The third-order valence-corrected chi connectivity index (χ3v) is 4.85. The van der Waals surface area contributed by atoms with Crippen molar-refractivity contribution in [1.29, 1.82) is 0 Å². The van der Waals surface area contributed by atoms with Crippen LogP contribution in [-0.2, 0) is 17.8 Å². The van der Waals surface area contributed by atoms with E-state index in [1.807, 2.05) is 0 Å². The van der Waals surface area contributed by atoms with Crippen LogP contribution in [0.4, 0.5) is 14.5 Å². The monoisotopic (exact) mass is 406 g/mol. The number of benzene rings is 2. The summed E-state index contributed by atoms with van der Waals surface area (Å²) in [6, 6.07) is 5.68. The first kappa shape index (κ1) is 20.7. The summed E-state index contributed by atoms with van der Waals surface area (Å²) in [7, 11) is 4.55. The van der Waals surface area contributed by atoms with Gasteiger partial charge in [0.05, 0.1) is 33.6 Å². The maximum absolute atomic E-state index is 14.3. The fourth-order valence-electron chi connectivity index (χ4n) is 3.56. The van der Waals surface area contributed by atoms with Gasteiger partial charge in [-0.3, -0.25) is 4.79 Å². The summed E-state index contributed by atoms with van der Waals surface area (Å²) in [5, 5.41) is 2.82. The van der Waals surface area contributed by atoms with Crippen LogP contribution in [0.2, 0.25) is 0 Å². The fraction of sp³-hybridized carbons (Fsp3) is 0.381. The molecule has 0 aromatic heterocycles. The Hall–Kier alpha value is -3.03. The molecule has 0 radical (unpaired) electrons. The van der Waals surface area contributed by atoms with E-state index < -0.39 is 11.6 Å². The molecule has 0 bridgehead atoms. The van der Waals surface area contributed by atoms with Gasteiger partial charge in [0, 0.05) is 19.2 Å². The lowest BCUT2D eigenvalue weighted by atomic mass is 10.0. The van der Waals surface area contributed by atoms with Gasteiger partial charge in [0.25, 0.3) is 0 Å². The van der Waals surface area contributed by atoms with Crippen LogP contribution in [0.15, 0.2) is 24.3 Å². The molecule has 29 heavy (non-hydrogen) atoms. The van der Waals surface area contributed by atoms with E-state index in [9.17, 15) is 13.6 Å². The van der Waals surface area contributed by atoms with Crippen molar-refractivity contribution in [3.05, 3.63) is 47.0 Å². The van der Waals surface area contributed by atoms with Crippen molar-refractivity contribution in [1.82, 2.24) is 5.32 Å². The number of hydrogen-bond acceptors (Lipinski definition) is 5. The van der Waals surface area contributed by atoms with Gasteiger partial charge in [-0.1, -0.05) is 0 Å². The summed E-state index contributed by atoms with van der Waals surface area (Å²) in [5.41, 5.74) is 1.66. The zero-order valence-electron chi connectivity index (χ0n) is 16.7. The van der Waals surface area contributed by atoms with Gasteiger partial charge < -0.3 is 24.4 Å². The van der Waals surface area contributed by atoms with E-state index in [4.69, 9.17) is 14.2 Å². The van der Waals surface area contributed by atoms with Crippen LogP contribution in [-0.4, -0.2) is 40.3 Å².